The minimum absolute atomic E-state index is 0.468. The number of guanidine groups is 1. The van der Waals surface area contributed by atoms with Gasteiger partial charge in [-0.1, -0.05) is 28.8 Å². The molecule has 22 heavy (non-hydrogen) atoms. The van der Waals surface area contributed by atoms with Crippen molar-refractivity contribution >= 4 is 27.6 Å². The average molecular weight is 365 g/mol. The average Bonchev–Trinajstić information content (AvgIpc) is 3.24. The van der Waals surface area contributed by atoms with Gasteiger partial charge in [-0.05, 0) is 43.0 Å². The molecule has 1 aromatic rings. The number of hydrogen-bond acceptors (Lipinski definition) is 2. The molecule has 1 atom stereocenters. The largest absolute Gasteiger partial charge is 0.369 e. The molecule has 1 saturated carbocycles. The molecule has 0 radical (unpaired) electrons. The fourth-order valence-electron chi connectivity index (χ4n) is 2.95. The van der Waals surface area contributed by atoms with Crippen LogP contribution in [0.5, 0.6) is 0 Å². The van der Waals surface area contributed by atoms with Crippen LogP contribution in [0, 0.1) is 5.92 Å². The first-order valence-corrected chi connectivity index (χ1v) is 9.01. The fraction of sp³-hybridized carbons (Fsp3) is 0.588. The highest BCUT2D eigenvalue weighted by Crippen LogP contribution is 2.31. The van der Waals surface area contributed by atoms with E-state index in [4.69, 9.17) is 0 Å². The summed E-state index contributed by atoms with van der Waals surface area (Å²) in [7, 11) is 1.86. The monoisotopic (exact) mass is 364 g/mol. The first-order chi connectivity index (χ1) is 10.7. The third kappa shape index (κ3) is 4.38. The number of aliphatic imine (C=N–C) groups is 1. The molecule has 0 spiro atoms. The molecule has 1 saturated heterocycles. The van der Waals surface area contributed by atoms with Crippen molar-refractivity contribution in [3.8, 4) is 0 Å². The number of nitrogens with one attached hydrogen (secondary N) is 2. The zero-order chi connectivity index (χ0) is 15.4. The molecule has 1 unspecified atom stereocenters. The summed E-state index contributed by atoms with van der Waals surface area (Å²) in [6.07, 6.45) is 5.26. The Kier molecular flexibility index (Phi) is 5.24. The maximum atomic E-state index is 4.35. The van der Waals surface area contributed by atoms with Gasteiger partial charge in [0.05, 0.1) is 0 Å². The Bertz CT molecular complexity index is 510. The predicted molar refractivity (Wildman–Crippen MR) is 96.6 cm³/mol. The molecule has 4 nitrogen and oxygen atoms in total. The molecule has 1 aromatic carbocycles. The van der Waals surface area contributed by atoms with Crippen molar-refractivity contribution < 1.29 is 0 Å². The summed E-state index contributed by atoms with van der Waals surface area (Å²) in [5.74, 6) is 1.91. The van der Waals surface area contributed by atoms with E-state index >= 15 is 0 Å². The standard InChI is InChI=1S/C17H25BrN4/c1-19-17(20-10-8-13-2-3-13)21-15-9-11-22(12-15)16-6-4-14(18)5-7-16/h4-7,13,15H,2-3,8-12H2,1H3,(H2,19,20,21). The van der Waals surface area contributed by atoms with Gasteiger partial charge in [-0.25, -0.2) is 0 Å². The Balaban J connectivity index is 1.45. The van der Waals surface area contributed by atoms with Gasteiger partial charge in [0.1, 0.15) is 0 Å². The van der Waals surface area contributed by atoms with Gasteiger partial charge in [0.15, 0.2) is 5.96 Å². The lowest BCUT2D eigenvalue weighted by atomic mass is 10.2. The second-order valence-corrected chi connectivity index (χ2v) is 7.20. The van der Waals surface area contributed by atoms with E-state index in [9.17, 15) is 0 Å². The summed E-state index contributed by atoms with van der Waals surface area (Å²) in [5, 5.41) is 7.00. The van der Waals surface area contributed by atoms with Gasteiger partial charge in [0.2, 0.25) is 0 Å². The number of rotatable bonds is 5. The van der Waals surface area contributed by atoms with Crippen molar-refractivity contribution in [3.05, 3.63) is 28.7 Å². The molecule has 0 amide bonds. The molecule has 2 aliphatic rings. The van der Waals surface area contributed by atoms with Crippen LogP contribution in [0.4, 0.5) is 5.69 Å². The fourth-order valence-corrected chi connectivity index (χ4v) is 3.22. The molecular formula is C17H25BrN4. The second kappa shape index (κ2) is 7.36. The molecule has 2 N–H and O–H groups in total. The lowest BCUT2D eigenvalue weighted by Gasteiger charge is -2.20. The van der Waals surface area contributed by atoms with Crippen molar-refractivity contribution in [1.82, 2.24) is 10.6 Å². The summed E-state index contributed by atoms with van der Waals surface area (Å²) in [5.41, 5.74) is 1.30. The van der Waals surface area contributed by atoms with Gasteiger partial charge in [0, 0.05) is 42.9 Å². The number of benzene rings is 1. The van der Waals surface area contributed by atoms with Crippen molar-refractivity contribution in [2.24, 2.45) is 10.9 Å². The van der Waals surface area contributed by atoms with E-state index in [1.54, 1.807) is 0 Å². The summed E-state index contributed by atoms with van der Waals surface area (Å²) < 4.78 is 1.13. The molecule has 0 aromatic heterocycles. The first kappa shape index (κ1) is 15.7. The third-order valence-corrected chi connectivity index (χ3v) is 5.02. The normalized spacial score (nSPS) is 22.0. The molecule has 3 rings (SSSR count). The summed E-state index contributed by atoms with van der Waals surface area (Å²) in [6.45, 7) is 3.16. The number of halogens is 1. The maximum Gasteiger partial charge on any atom is 0.191 e. The number of nitrogens with zero attached hydrogens (tertiary/aromatic N) is 2. The van der Waals surface area contributed by atoms with Crippen LogP contribution in [0.2, 0.25) is 0 Å². The SMILES string of the molecule is CN=C(NCCC1CC1)NC1CCN(c2ccc(Br)cc2)C1. The van der Waals surface area contributed by atoms with E-state index in [0.717, 1.165) is 42.4 Å². The van der Waals surface area contributed by atoms with E-state index < -0.39 is 0 Å². The first-order valence-electron chi connectivity index (χ1n) is 8.22. The van der Waals surface area contributed by atoms with Crippen molar-refractivity contribution in [1.29, 1.82) is 0 Å². The Morgan fingerprint density at radius 3 is 2.73 bits per heavy atom. The van der Waals surface area contributed by atoms with Crippen molar-refractivity contribution in [2.75, 3.05) is 31.6 Å². The minimum Gasteiger partial charge on any atom is -0.369 e. The Morgan fingerprint density at radius 1 is 1.27 bits per heavy atom. The van der Waals surface area contributed by atoms with E-state index in [1.165, 1.54) is 24.9 Å². The van der Waals surface area contributed by atoms with Crippen LogP contribution in [0.25, 0.3) is 0 Å². The smallest absolute Gasteiger partial charge is 0.191 e. The van der Waals surface area contributed by atoms with Gasteiger partial charge in [-0.15, -0.1) is 0 Å². The molecule has 5 heteroatoms. The lowest BCUT2D eigenvalue weighted by molar-refractivity contribution is 0.632. The third-order valence-electron chi connectivity index (χ3n) is 4.49. The molecule has 1 heterocycles. The highest BCUT2D eigenvalue weighted by molar-refractivity contribution is 9.10. The van der Waals surface area contributed by atoms with Crippen molar-refractivity contribution in [3.63, 3.8) is 0 Å². The highest BCUT2D eigenvalue weighted by Gasteiger charge is 2.24. The van der Waals surface area contributed by atoms with Crippen LogP contribution in [-0.2, 0) is 0 Å². The zero-order valence-electron chi connectivity index (χ0n) is 13.2. The molecule has 2 fully saturated rings. The van der Waals surface area contributed by atoms with Crippen LogP contribution < -0.4 is 15.5 Å². The second-order valence-electron chi connectivity index (χ2n) is 6.28. The van der Waals surface area contributed by atoms with Crippen LogP contribution in [0.3, 0.4) is 0 Å². The van der Waals surface area contributed by atoms with Gasteiger partial charge in [0.25, 0.3) is 0 Å². The topological polar surface area (TPSA) is 39.7 Å². The van der Waals surface area contributed by atoms with Gasteiger partial charge in [-0.2, -0.15) is 0 Å². The van der Waals surface area contributed by atoms with Gasteiger partial charge >= 0.3 is 0 Å². The summed E-state index contributed by atoms with van der Waals surface area (Å²) in [4.78, 5) is 6.78. The Labute approximate surface area is 141 Å². The maximum absolute atomic E-state index is 4.35. The lowest BCUT2D eigenvalue weighted by Crippen LogP contribution is -2.44. The minimum atomic E-state index is 0.468. The number of anilines is 1. The highest BCUT2D eigenvalue weighted by atomic mass is 79.9. The summed E-state index contributed by atoms with van der Waals surface area (Å²) >= 11 is 3.49. The van der Waals surface area contributed by atoms with Crippen LogP contribution in [-0.4, -0.2) is 38.7 Å². The Hall–Kier alpha value is -1.23. The van der Waals surface area contributed by atoms with Crippen molar-refractivity contribution in [2.45, 2.75) is 31.7 Å². The Morgan fingerprint density at radius 2 is 2.05 bits per heavy atom. The van der Waals surface area contributed by atoms with E-state index in [-0.39, 0.29) is 0 Å². The zero-order valence-corrected chi connectivity index (χ0v) is 14.8. The van der Waals surface area contributed by atoms with Crippen LogP contribution >= 0.6 is 15.9 Å². The molecule has 0 bridgehead atoms. The van der Waals surface area contributed by atoms with E-state index in [0.29, 0.717) is 6.04 Å². The predicted octanol–water partition coefficient (Wildman–Crippen LogP) is 2.99. The molecule has 120 valence electrons. The van der Waals surface area contributed by atoms with Crippen LogP contribution in [0.1, 0.15) is 25.7 Å². The molecular weight excluding hydrogens is 340 g/mol. The van der Waals surface area contributed by atoms with Gasteiger partial charge in [-0.3, -0.25) is 4.99 Å². The van der Waals surface area contributed by atoms with Crippen LogP contribution in [0.15, 0.2) is 33.7 Å². The summed E-state index contributed by atoms with van der Waals surface area (Å²) in [6, 6.07) is 9.03. The van der Waals surface area contributed by atoms with E-state index in [1.807, 2.05) is 7.05 Å². The quantitative estimate of drug-likeness (QED) is 0.623. The van der Waals surface area contributed by atoms with E-state index in [2.05, 4.69) is 60.7 Å². The molecule has 1 aliphatic heterocycles. The van der Waals surface area contributed by atoms with Gasteiger partial charge < -0.3 is 15.5 Å². The molecule has 1 aliphatic carbocycles. The number of hydrogen-bond donors (Lipinski definition) is 2.